The molecule has 0 bridgehead atoms. The average Bonchev–Trinajstić information content (AvgIpc) is 2.74. The zero-order chi connectivity index (χ0) is 22.4. The van der Waals surface area contributed by atoms with Gasteiger partial charge in [0.2, 0.25) is 0 Å². The predicted octanol–water partition coefficient (Wildman–Crippen LogP) is 3.82. The number of hydrogen-bond acceptors (Lipinski definition) is 4. The van der Waals surface area contributed by atoms with E-state index >= 15 is 0 Å². The molecule has 0 aromatic heterocycles. The highest BCUT2D eigenvalue weighted by molar-refractivity contribution is 6.07. The number of benzene rings is 2. The van der Waals surface area contributed by atoms with Crippen LogP contribution < -0.4 is 4.90 Å². The van der Waals surface area contributed by atoms with Crippen LogP contribution in [0.25, 0.3) is 0 Å². The van der Waals surface area contributed by atoms with Gasteiger partial charge in [-0.15, -0.1) is 0 Å². The van der Waals surface area contributed by atoms with Crippen LogP contribution in [-0.2, 0) is 9.53 Å². The Bertz CT molecular complexity index is 882. The van der Waals surface area contributed by atoms with Crippen LogP contribution in [0.15, 0.2) is 42.5 Å². The van der Waals surface area contributed by atoms with Gasteiger partial charge < -0.3 is 19.6 Å². The standard InChI is InChI=1S/C25H32N2O4/c1-18-15-19(2)24(20(3)16-18)27(25(30)21-7-5-4-6-8-21)14-13-26-11-9-22(10-12-26)31-17-23(28)29/h4-8,15-16,22H,9-14,17H2,1-3H3,(H,28,29). The minimum absolute atomic E-state index is 0.00371. The van der Waals surface area contributed by atoms with Gasteiger partial charge in [-0.3, -0.25) is 4.79 Å². The molecule has 2 aromatic rings. The number of likely N-dealkylation sites (tertiary alicyclic amines) is 1. The molecule has 0 spiro atoms. The van der Waals surface area contributed by atoms with Crippen molar-refractivity contribution in [2.24, 2.45) is 0 Å². The molecule has 1 aliphatic heterocycles. The Labute approximate surface area is 184 Å². The Hall–Kier alpha value is -2.70. The number of carboxylic acids is 1. The van der Waals surface area contributed by atoms with Gasteiger partial charge in [0.1, 0.15) is 6.61 Å². The van der Waals surface area contributed by atoms with E-state index in [1.807, 2.05) is 35.2 Å². The molecular formula is C25H32N2O4. The zero-order valence-corrected chi connectivity index (χ0v) is 18.6. The smallest absolute Gasteiger partial charge is 0.329 e. The van der Waals surface area contributed by atoms with Gasteiger partial charge in [-0.05, 0) is 56.9 Å². The second-order valence-electron chi connectivity index (χ2n) is 8.32. The second-order valence-corrected chi connectivity index (χ2v) is 8.32. The molecule has 0 radical (unpaired) electrons. The third-order valence-corrected chi connectivity index (χ3v) is 5.79. The fourth-order valence-corrected chi connectivity index (χ4v) is 4.38. The number of aliphatic carboxylic acids is 1. The van der Waals surface area contributed by atoms with Crippen LogP contribution >= 0.6 is 0 Å². The summed E-state index contributed by atoms with van der Waals surface area (Å²) in [4.78, 5) is 28.4. The number of carboxylic acid groups (broad SMARTS) is 1. The molecule has 6 nitrogen and oxygen atoms in total. The number of ether oxygens (including phenoxy) is 1. The molecule has 0 saturated carbocycles. The number of carbonyl (C=O) groups excluding carboxylic acids is 1. The lowest BCUT2D eigenvalue weighted by molar-refractivity contribution is -0.145. The third-order valence-electron chi connectivity index (χ3n) is 5.79. The van der Waals surface area contributed by atoms with Crippen LogP contribution in [0.3, 0.4) is 0 Å². The fourth-order valence-electron chi connectivity index (χ4n) is 4.38. The van der Waals surface area contributed by atoms with Crippen LogP contribution in [-0.4, -0.2) is 60.8 Å². The van der Waals surface area contributed by atoms with Crippen molar-refractivity contribution in [2.75, 3.05) is 37.7 Å². The normalized spacial score (nSPS) is 15.1. The zero-order valence-electron chi connectivity index (χ0n) is 18.6. The Balaban J connectivity index is 1.72. The number of nitrogens with zero attached hydrogens (tertiary/aromatic N) is 2. The summed E-state index contributed by atoms with van der Waals surface area (Å²) in [5, 5.41) is 8.78. The van der Waals surface area contributed by atoms with Gasteiger partial charge >= 0.3 is 5.97 Å². The Kier molecular flexibility index (Phi) is 7.82. The van der Waals surface area contributed by atoms with E-state index in [9.17, 15) is 9.59 Å². The highest BCUT2D eigenvalue weighted by atomic mass is 16.5. The lowest BCUT2D eigenvalue weighted by Crippen LogP contribution is -2.43. The summed E-state index contributed by atoms with van der Waals surface area (Å²) in [6.07, 6.45) is 1.61. The first-order valence-electron chi connectivity index (χ1n) is 10.9. The molecule has 1 heterocycles. The molecular weight excluding hydrogens is 392 g/mol. The molecule has 6 heteroatoms. The summed E-state index contributed by atoms with van der Waals surface area (Å²) < 4.78 is 5.44. The lowest BCUT2D eigenvalue weighted by atomic mass is 10.0. The molecule has 1 saturated heterocycles. The fraction of sp³-hybridized carbons (Fsp3) is 0.440. The molecule has 3 rings (SSSR count). The third kappa shape index (κ3) is 6.15. The van der Waals surface area contributed by atoms with Crippen molar-refractivity contribution >= 4 is 17.6 Å². The van der Waals surface area contributed by atoms with E-state index in [0.717, 1.165) is 49.3 Å². The van der Waals surface area contributed by atoms with E-state index in [0.29, 0.717) is 12.1 Å². The van der Waals surface area contributed by atoms with Crippen molar-refractivity contribution in [2.45, 2.75) is 39.7 Å². The topological polar surface area (TPSA) is 70.1 Å². The van der Waals surface area contributed by atoms with E-state index in [1.54, 1.807) is 0 Å². The molecule has 0 aliphatic carbocycles. The summed E-state index contributed by atoms with van der Waals surface area (Å²) in [6, 6.07) is 13.7. The largest absolute Gasteiger partial charge is 0.480 e. The van der Waals surface area contributed by atoms with Crippen LogP contribution in [0.4, 0.5) is 5.69 Å². The summed E-state index contributed by atoms with van der Waals surface area (Å²) in [5.74, 6) is -0.920. The molecule has 31 heavy (non-hydrogen) atoms. The Morgan fingerprint density at radius 1 is 1.06 bits per heavy atom. The van der Waals surface area contributed by atoms with Crippen LogP contribution in [0.2, 0.25) is 0 Å². The molecule has 1 fully saturated rings. The van der Waals surface area contributed by atoms with E-state index in [1.165, 1.54) is 5.56 Å². The van der Waals surface area contributed by atoms with Crippen LogP contribution in [0, 0.1) is 20.8 Å². The summed E-state index contributed by atoms with van der Waals surface area (Å²) >= 11 is 0. The Morgan fingerprint density at radius 2 is 1.68 bits per heavy atom. The Morgan fingerprint density at radius 3 is 2.26 bits per heavy atom. The number of carbonyl (C=O) groups is 2. The number of amides is 1. The molecule has 0 unspecified atom stereocenters. The monoisotopic (exact) mass is 424 g/mol. The van der Waals surface area contributed by atoms with E-state index < -0.39 is 5.97 Å². The number of aryl methyl sites for hydroxylation is 3. The predicted molar refractivity (Wildman–Crippen MR) is 122 cm³/mol. The first-order chi connectivity index (χ1) is 14.8. The van der Waals surface area contributed by atoms with Gasteiger partial charge in [0.05, 0.1) is 6.10 Å². The van der Waals surface area contributed by atoms with Crippen LogP contribution in [0.1, 0.15) is 39.9 Å². The number of piperidine rings is 1. The number of hydrogen-bond donors (Lipinski definition) is 1. The first-order valence-corrected chi connectivity index (χ1v) is 10.9. The number of anilines is 1. The van der Waals surface area contributed by atoms with E-state index in [2.05, 4.69) is 37.8 Å². The molecule has 1 amide bonds. The van der Waals surface area contributed by atoms with Gasteiger partial charge in [-0.2, -0.15) is 0 Å². The minimum Gasteiger partial charge on any atom is -0.480 e. The quantitative estimate of drug-likeness (QED) is 0.698. The van der Waals surface area contributed by atoms with Crippen molar-refractivity contribution in [3.63, 3.8) is 0 Å². The van der Waals surface area contributed by atoms with E-state index in [4.69, 9.17) is 9.84 Å². The lowest BCUT2D eigenvalue weighted by Gasteiger charge is -2.34. The second kappa shape index (κ2) is 10.6. The summed E-state index contributed by atoms with van der Waals surface area (Å²) in [6.45, 7) is 8.99. The molecule has 166 valence electrons. The molecule has 1 N–H and O–H groups in total. The summed E-state index contributed by atoms with van der Waals surface area (Å²) in [7, 11) is 0. The maximum absolute atomic E-state index is 13.4. The maximum Gasteiger partial charge on any atom is 0.329 e. The van der Waals surface area contributed by atoms with Crippen molar-refractivity contribution in [1.82, 2.24) is 4.90 Å². The first kappa shape index (κ1) is 23.0. The minimum atomic E-state index is -0.929. The highest BCUT2D eigenvalue weighted by Crippen LogP contribution is 2.28. The van der Waals surface area contributed by atoms with Gasteiger partial charge in [0.25, 0.3) is 5.91 Å². The molecule has 0 atom stereocenters. The maximum atomic E-state index is 13.4. The summed E-state index contributed by atoms with van der Waals surface area (Å²) in [5.41, 5.74) is 5.06. The van der Waals surface area contributed by atoms with E-state index in [-0.39, 0.29) is 18.6 Å². The highest BCUT2D eigenvalue weighted by Gasteiger charge is 2.24. The molecule has 2 aromatic carbocycles. The van der Waals surface area contributed by atoms with Crippen molar-refractivity contribution < 1.29 is 19.4 Å². The molecule has 1 aliphatic rings. The van der Waals surface area contributed by atoms with Gasteiger partial charge in [0, 0.05) is 37.4 Å². The van der Waals surface area contributed by atoms with Gasteiger partial charge in [-0.1, -0.05) is 35.9 Å². The van der Waals surface area contributed by atoms with Crippen molar-refractivity contribution in [1.29, 1.82) is 0 Å². The van der Waals surface area contributed by atoms with Gasteiger partial charge in [0.15, 0.2) is 0 Å². The SMILES string of the molecule is Cc1cc(C)c(N(CCN2CCC(OCC(=O)O)CC2)C(=O)c2ccccc2)c(C)c1. The van der Waals surface area contributed by atoms with Crippen molar-refractivity contribution in [3.05, 3.63) is 64.7 Å². The number of rotatable bonds is 8. The van der Waals surface area contributed by atoms with Crippen molar-refractivity contribution in [3.8, 4) is 0 Å². The average molecular weight is 425 g/mol. The van der Waals surface area contributed by atoms with Gasteiger partial charge in [-0.25, -0.2) is 4.79 Å². The van der Waals surface area contributed by atoms with Crippen LogP contribution in [0.5, 0.6) is 0 Å².